The molecule has 0 bridgehead atoms. The van der Waals surface area contributed by atoms with Gasteiger partial charge in [-0.25, -0.2) is 9.18 Å². The molecule has 0 aliphatic carbocycles. The van der Waals surface area contributed by atoms with E-state index in [0.717, 1.165) is 11.1 Å². The summed E-state index contributed by atoms with van der Waals surface area (Å²) in [4.78, 5) is 16.7. The van der Waals surface area contributed by atoms with Gasteiger partial charge < -0.3 is 14.5 Å². The third-order valence-corrected chi connectivity index (χ3v) is 5.53. The molecule has 1 saturated heterocycles. The molecule has 0 N–H and O–H groups in total. The Bertz CT molecular complexity index is 963. The van der Waals surface area contributed by atoms with E-state index in [2.05, 4.69) is 0 Å². The highest BCUT2D eigenvalue weighted by molar-refractivity contribution is 5.77. The largest absolute Gasteiger partial charge is 0.497 e. The molecule has 2 amide bonds. The van der Waals surface area contributed by atoms with E-state index in [1.54, 1.807) is 29.0 Å². The maximum absolute atomic E-state index is 15.8. The van der Waals surface area contributed by atoms with E-state index in [1.807, 2.05) is 72.8 Å². The monoisotopic (exact) mass is 404 g/mol. The molecule has 0 radical (unpaired) electrons. The van der Waals surface area contributed by atoms with Crippen molar-refractivity contribution in [3.8, 4) is 5.75 Å². The zero-order valence-corrected chi connectivity index (χ0v) is 16.9. The molecule has 1 fully saturated rings. The maximum atomic E-state index is 15.8. The van der Waals surface area contributed by atoms with Gasteiger partial charge in [0.15, 0.2) is 0 Å². The Balaban J connectivity index is 1.62. The minimum atomic E-state index is -1.33. The van der Waals surface area contributed by atoms with Gasteiger partial charge in [0.05, 0.1) is 13.2 Å². The van der Waals surface area contributed by atoms with Gasteiger partial charge >= 0.3 is 6.03 Å². The summed E-state index contributed by atoms with van der Waals surface area (Å²) in [6.07, 6.45) is -1.33. The smallest absolute Gasteiger partial charge is 0.321 e. The minimum absolute atomic E-state index is 0.141. The number of hydrogen-bond donors (Lipinski definition) is 0. The summed E-state index contributed by atoms with van der Waals surface area (Å²) < 4.78 is 21.0. The van der Waals surface area contributed by atoms with Gasteiger partial charge in [-0.2, -0.15) is 0 Å². The van der Waals surface area contributed by atoms with Gasteiger partial charge in [0.25, 0.3) is 0 Å². The summed E-state index contributed by atoms with van der Waals surface area (Å²) in [5.74, 6) is 0.700. The molecule has 0 unspecified atom stereocenters. The summed E-state index contributed by atoms with van der Waals surface area (Å²) in [5.41, 5.74) is 2.38. The van der Waals surface area contributed by atoms with Gasteiger partial charge in [-0.3, -0.25) is 0 Å². The van der Waals surface area contributed by atoms with Crippen LogP contribution in [0.3, 0.4) is 0 Å². The first-order chi connectivity index (χ1) is 14.7. The number of carbonyl (C=O) groups excluding carboxylic acids is 1. The van der Waals surface area contributed by atoms with Gasteiger partial charge in [-0.1, -0.05) is 72.8 Å². The molecule has 0 aromatic heterocycles. The predicted octanol–water partition coefficient (Wildman–Crippen LogP) is 5.38. The number of hydrogen-bond acceptors (Lipinski definition) is 2. The lowest BCUT2D eigenvalue weighted by Gasteiger charge is -2.31. The number of halogens is 1. The topological polar surface area (TPSA) is 32.8 Å². The van der Waals surface area contributed by atoms with Crippen LogP contribution in [0.5, 0.6) is 5.75 Å². The van der Waals surface area contributed by atoms with E-state index in [-0.39, 0.29) is 6.03 Å². The number of nitrogens with zero attached hydrogens (tertiary/aromatic N) is 2. The van der Waals surface area contributed by atoms with Crippen LogP contribution in [0, 0.1) is 0 Å². The minimum Gasteiger partial charge on any atom is -0.497 e. The number of alkyl halides is 1. The van der Waals surface area contributed by atoms with Crippen LogP contribution in [0.1, 0.15) is 28.9 Å². The van der Waals surface area contributed by atoms with E-state index < -0.39 is 12.2 Å². The fourth-order valence-corrected chi connectivity index (χ4v) is 3.94. The summed E-state index contributed by atoms with van der Waals surface area (Å²) in [6.45, 7) is 1.57. The van der Waals surface area contributed by atoms with E-state index in [4.69, 9.17) is 4.74 Å². The van der Waals surface area contributed by atoms with Gasteiger partial charge in [0.1, 0.15) is 11.9 Å². The van der Waals surface area contributed by atoms with Crippen LogP contribution < -0.4 is 4.74 Å². The first kappa shape index (κ1) is 20.0. The Hall–Kier alpha value is -3.34. The molecule has 5 heteroatoms. The molecule has 1 heterocycles. The van der Waals surface area contributed by atoms with Crippen molar-refractivity contribution in [1.82, 2.24) is 9.80 Å². The molecule has 1 aliphatic rings. The standard InChI is InChI=1S/C25H25FN2O2/c1-30-22-14-12-21(13-15-22)24(23(26)20-10-6-3-7-11-20)28-17-16-27(25(28)29)18-19-8-4-2-5-9-19/h2-15,23-24H,16-18H2,1H3/t23-,24+/m0/s1. The van der Waals surface area contributed by atoms with Crippen LogP contribution in [0.4, 0.5) is 9.18 Å². The van der Waals surface area contributed by atoms with Crippen LogP contribution in [0.15, 0.2) is 84.9 Å². The van der Waals surface area contributed by atoms with Crippen molar-refractivity contribution in [3.63, 3.8) is 0 Å². The Morgan fingerprint density at radius 2 is 1.50 bits per heavy atom. The Morgan fingerprint density at radius 3 is 2.13 bits per heavy atom. The molecule has 4 rings (SSSR count). The lowest BCUT2D eigenvalue weighted by molar-refractivity contribution is 0.134. The first-order valence-electron chi connectivity index (χ1n) is 10.1. The molecular formula is C25H25FN2O2. The number of rotatable bonds is 7. The summed E-state index contributed by atoms with van der Waals surface area (Å²) in [5, 5.41) is 0. The second-order valence-electron chi connectivity index (χ2n) is 7.41. The van der Waals surface area contributed by atoms with E-state index in [0.29, 0.717) is 30.9 Å². The van der Waals surface area contributed by atoms with Crippen LogP contribution in [-0.4, -0.2) is 36.0 Å². The van der Waals surface area contributed by atoms with Crippen molar-refractivity contribution in [3.05, 3.63) is 102 Å². The van der Waals surface area contributed by atoms with Crippen molar-refractivity contribution in [1.29, 1.82) is 0 Å². The zero-order chi connectivity index (χ0) is 20.9. The molecule has 1 aliphatic heterocycles. The highest BCUT2D eigenvalue weighted by Crippen LogP contribution is 2.39. The van der Waals surface area contributed by atoms with Crippen molar-refractivity contribution in [2.24, 2.45) is 0 Å². The maximum Gasteiger partial charge on any atom is 0.321 e. The number of benzene rings is 3. The van der Waals surface area contributed by atoms with E-state index in [1.165, 1.54) is 0 Å². The molecular weight excluding hydrogens is 379 g/mol. The molecule has 3 aromatic carbocycles. The van der Waals surface area contributed by atoms with Crippen molar-refractivity contribution in [2.45, 2.75) is 18.8 Å². The molecule has 154 valence electrons. The first-order valence-corrected chi connectivity index (χ1v) is 10.1. The molecule has 3 aromatic rings. The number of amides is 2. The zero-order valence-electron chi connectivity index (χ0n) is 16.9. The molecule has 30 heavy (non-hydrogen) atoms. The van der Waals surface area contributed by atoms with Gasteiger partial charge in [0.2, 0.25) is 0 Å². The van der Waals surface area contributed by atoms with Gasteiger partial charge in [-0.05, 0) is 28.8 Å². The lowest BCUT2D eigenvalue weighted by atomic mass is 9.95. The average Bonchev–Trinajstić information content (AvgIpc) is 3.15. The van der Waals surface area contributed by atoms with E-state index >= 15 is 4.39 Å². The second kappa shape index (κ2) is 8.99. The fourth-order valence-electron chi connectivity index (χ4n) is 3.94. The quantitative estimate of drug-likeness (QED) is 0.529. The Labute approximate surface area is 176 Å². The van der Waals surface area contributed by atoms with Gasteiger partial charge in [-0.15, -0.1) is 0 Å². The number of methoxy groups -OCH3 is 1. The molecule has 2 atom stereocenters. The molecule has 4 nitrogen and oxygen atoms in total. The van der Waals surface area contributed by atoms with Crippen LogP contribution in [-0.2, 0) is 6.54 Å². The summed E-state index contributed by atoms with van der Waals surface area (Å²) >= 11 is 0. The highest BCUT2D eigenvalue weighted by atomic mass is 19.1. The number of carbonyl (C=O) groups is 1. The second-order valence-corrected chi connectivity index (χ2v) is 7.41. The van der Waals surface area contributed by atoms with E-state index in [9.17, 15) is 4.79 Å². The SMILES string of the molecule is COc1ccc([C@H]([C@@H](F)c2ccccc2)N2CCN(Cc3ccccc3)C2=O)cc1. The van der Waals surface area contributed by atoms with Crippen LogP contribution >= 0.6 is 0 Å². The Morgan fingerprint density at radius 1 is 0.867 bits per heavy atom. The third-order valence-electron chi connectivity index (χ3n) is 5.53. The normalized spacial score (nSPS) is 15.9. The molecule has 0 saturated carbocycles. The highest BCUT2D eigenvalue weighted by Gasteiger charge is 2.39. The average molecular weight is 404 g/mol. The fraction of sp³-hybridized carbons (Fsp3) is 0.240. The predicted molar refractivity (Wildman–Crippen MR) is 115 cm³/mol. The lowest BCUT2D eigenvalue weighted by Crippen LogP contribution is -2.36. The Kier molecular flexibility index (Phi) is 5.98. The van der Waals surface area contributed by atoms with Gasteiger partial charge in [0, 0.05) is 19.6 Å². The number of urea groups is 1. The van der Waals surface area contributed by atoms with Crippen molar-refractivity contribution in [2.75, 3.05) is 20.2 Å². The third kappa shape index (κ3) is 4.15. The summed E-state index contributed by atoms with van der Waals surface area (Å²) in [6, 6.07) is 25.4. The number of ether oxygens (including phenoxy) is 1. The van der Waals surface area contributed by atoms with Crippen molar-refractivity contribution < 1.29 is 13.9 Å². The van der Waals surface area contributed by atoms with Crippen LogP contribution in [0.2, 0.25) is 0 Å². The summed E-state index contributed by atoms with van der Waals surface area (Å²) in [7, 11) is 1.60. The van der Waals surface area contributed by atoms with Crippen LogP contribution in [0.25, 0.3) is 0 Å². The van der Waals surface area contributed by atoms with Crippen molar-refractivity contribution >= 4 is 6.03 Å². The molecule has 0 spiro atoms.